The maximum Gasteiger partial charge on any atom is 0.335 e. The summed E-state index contributed by atoms with van der Waals surface area (Å²) in [4.78, 5) is 14.0. The molecule has 5 rings (SSSR count). The molecule has 1 fully saturated rings. The maximum atomic E-state index is 14.0. The normalized spacial score (nSPS) is 17.9. The maximum absolute atomic E-state index is 14.0. The molecule has 1 unspecified atom stereocenters. The molecule has 1 heterocycles. The van der Waals surface area contributed by atoms with Crippen molar-refractivity contribution in [3.63, 3.8) is 0 Å². The molecule has 0 spiro atoms. The van der Waals surface area contributed by atoms with Crippen molar-refractivity contribution in [1.29, 1.82) is 0 Å². The third-order valence-electron chi connectivity index (χ3n) is 8.05. The Kier molecular flexibility index (Phi) is 8.04. The minimum absolute atomic E-state index is 0.243. The van der Waals surface area contributed by atoms with Crippen molar-refractivity contribution in [1.82, 2.24) is 4.90 Å². The van der Waals surface area contributed by atoms with E-state index in [0.29, 0.717) is 17.9 Å². The van der Waals surface area contributed by atoms with Gasteiger partial charge < -0.3 is 10.0 Å². The predicted octanol–water partition coefficient (Wildman–Crippen LogP) is 7.35. The molecular formula is C33H35F2NO2. The van der Waals surface area contributed by atoms with Gasteiger partial charge in [0.15, 0.2) is 0 Å². The van der Waals surface area contributed by atoms with E-state index in [1.54, 1.807) is 18.2 Å². The van der Waals surface area contributed by atoms with Crippen LogP contribution in [0.3, 0.4) is 0 Å². The number of carboxylic acids is 1. The zero-order valence-electron chi connectivity index (χ0n) is 22.0. The Morgan fingerprint density at radius 3 is 2.55 bits per heavy atom. The SMILES string of the molecule is Cc1cc(F)ccc1C1=C(c2ccc(CC3CCN(CCCF)C3)cc2)c2ccc(C(=O)O)cc2CCC1. The third-order valence-corrected chi connectivity index (χ3v) is 8.05. The van der Waals surface area contributed by atoms with Gasteiger partial charge in [-0.3, -0.25) is 4.39 Å². The number of carboxylic acid groups (broad SMARTS) is 1. The number of fused-ring (bicyclic) bond motifs is 1. The lowest BCUT2D eigenvalue weighted by atomic mass is 9.85. The number of aryl methyl sites for hydroxylation is 2. The number of rotatable bonds is 8. The molecule has 3 aromatic rings. The van der Waals surface area contributed by atoms with Crippen molar-refractivity contribution in [3.05, 3.63) is 105 Å². The molecular weight excluding hydrogens is 480 g/mol. The number of benzene rings is 3. The minimum Gasteiger partial charge on any atom is -0.478 e. The Morgan fingerprint density at radius 1 is 1.03 bits per heavy atom. The first-order valence-electron chi connectivity index (χ1n) is 13.7. The highest BCUT2D eigenvalue weighted by atomic mass is 19.1. The number of alkyl halides is 1. The zero-order chi connectivity index (χ0) is 26.6. The number of allylic oxidation sites excluding steroid dienone is 1. The van der Waals surface area contributed by atoms with E-state index in [4.69, 9.17) is 0 Å². The van der Waals surface area contributed by atoms with Crippen LogP contribution in [0.1, 0.15) is 69.4 Å². The molecule has 38 heavy (non-hydrogen) atoms. The highest BCUT2D eigenvalue weighted by Gasteiger charge is 2.24. The molecule has 0 radical (unpaired) electrons. The molecule has 0 aromatic heterocycles. The lowest BCUT2D eigenvalue weighted by Gasteiger charge is -2.19. The van der Waals surface area contributed by atoms with Gasteiger partial charge in [-0.1, -0.05) is 36.4 Å². The lowest BCUT2D eigenvalue weighted by molar-refractivity contribution is 0.0696. The summed E-state index contributed by atoms with van der Waals surface area (Å²) in [5.74, 6) is -0.574. The molecule has 1 atom stereocenters. The van der Waals surface area contributed by atoms with Gasteiger partial charge in [-0.2, -0.15) is 0 Å². The van der Waals surface area contributed by atoms with E-state index in [1.807, 2.05) is 19.1 Å². The molecule has 1 aliphatic heterocycles. The molecule has 5 heteroatoms. The molecule has 1 N–H and O–H groups in total. The quantitative estimate of drug-likeness (QED) is 0.341. The Morgan fingerprint density at radius 2 is 1.82 bits per heavy atom. The van der Waals surface area contributed by atoms with Crippen LogP contribution in [0.4, 0.5) is 8.78 Å². The van der Waals surface area contributed by atoms with E-state index in [-0.39, 0.29) is 12.5 Å². The summed E-state index contributed by atoms with van der Waals surface area (Å²) in [5.41, 5.74) is 9.01. The first-order valence-corrected chi connectivity index (χ1v) is 13.7. The highest BCUT2D eigenvalue weighted by molar-refractivity contribution is 6.01. The van der Waals surface area contributed by atoms with Crippen LogP contribution in [-0.2, 0) is 12.8 Å². The summed E-state index contributed by atoms with van der Waals surface area (Å²) in [6, 6.07) is 19.2. The average Bonchev–Trinajstić information content (AvgIpc) is 3.26. The number of aromatic carboxylic acids is 1. The average molecular weight is 516 g/mol. The second-order valence-corrected chi connectivity index (χ2v) is 10.7. The standard InChI is InChI=1S/C33H35F2NO2/c1-22-18-28(35)11-13-29(22)31-5-2-4-26-20-27(33(37)38)10-12-30(26)32(31)25-8-6-23(7-9-25)19-24-14-17-36(21-24)16-3-15-34/h6-13,18,20,24H,2-5,14-17,19,21H2,1H3,(H,37,38). The summed E-state index contributed by atoms with van der Waals surface area (Å²) in [5, 5.41) is 9.57. The molecule has 1 aliphatic carbocycles. The molecule has 2 aliphatic rings. The molecule has 1 saturated heterocycles. The Bertz CT molecular complexity index is 1350. The Balaban J connectivity index is 1.51. The van der Waals surface area contributed by atoms with Crippen molar-refractivity contribution in [2.45, 2.75) is 45.4 Å². The summed E-state index contributed by atoms with van der Waals surface area (Å²) >= 11 is 0. The fourth-order valence-electron chi connectivity index (χ4n) is 6.19. The molecule has 0 bridgehead atoms. The summed E-state index contributed by atoms with van der Waals surface area (Å²) < 4.78 is 26.5. The van der Waals surface area contributed by atoms with Gasteiger partial charge in [0.1, 0.15) is 5.82 Å². The van der Waals surface area contributed by atoms with Gasteiger partial charge >= 0.3 is 5.97 Å². The van der Waals surface area contributed by atoms with Gasteiger partial charge in [-0.25, -0.2) is 9.18 Å². The van der Waals surface area contributed by atoms with Gasteiger partial charge in [0.2, 0.25) is 0 Å². The number of hydrogen-bond acceptors (Lipinski definition) is 2. The van der Waals surface area contributed by atoms with Crippen LogP contribution < -0.4 is 0 Å². The van der Waals surface area contributed by atoms with Crippen molar-refractivity contribution in [3.8, 4) is 0 Å². The molecule has 3 aromatic carbocycles. The largest absolute Gasteiger partial charge is 0.478 e. The monoisotopic (exact) mass is 515 g/mol. The van der Waals surface area contributed by atoms with Gasteiger partial charge in [0.05, 0.1) is 12.2 Å². The third kappa shape index (κ3) is 5.73. The zero-order valence-corrected chi connectivity index (χ0v) is 22.0. The van der Waals surface area contributed by atoms with E-state index in [9.17, 15) is 18.7 Å². The lowest BCUT2D eigenvalue weighted by Crippen LogP contribution is -2.22. The fourth-order valence-corrected chi connectivity index (χ4v) is 6.19. The number of likely N-dealkylation sites (tertiary alicyclic amines) is 1. The van der Waals surface area contributed by atoms with E-state index in [1.165, 1.54) is 17.2 Å². The molecule has 0 saturated carbocycles. The Hall–Kier alpha value is -3.31. The predicted molar refractivity (Wildman–Crippen MR) is 149 cm³/mol. The van der Waals surface area contributed by atoms with Crippen LogP contribution >= 0.6 is 0 Å². The molecule has 0 amide bonds. The first kappa shape index (κ1) is 26.3. The van der Waals surface area contributed by atoms with Crippen molar-refractivity contribution >= 4 is 17.1 Å². The van der Waals surface area contributed by atoms with Crippen LogP contribution in [0.5, 0.6) is 0 Å². The van der Waals surface area contributed by atoms with Crippen LogP contribution in [-0.4, -0.2) is 42.3 Å². The topological polar surface area (TPSA) is 40.5 Å². The van der Waals surface area contributed by atoms with Gasteiger partial charge in [-0.05, 0) is 127 Å². The van der Waals surface area contributed by atoms with E-state index < -0.39 is 5.97 Å². The van der Waals surface area contributed by atoms with Crippen molar-refractivity contribution in [2.75, 3.05) is 26.3 Å². The summed E-state index contributed by atoms with van der Waals surface area (Å²) in [7, 11) is 0. The highest BCUT2D eigenvalue weighted by Crippen LogP contribution is 2.41. The van der Waals surface area contributed by atoms with Crippen LogP contribution in [0.15, 0.2) is 60.7 Å². The van der Waals surface area contributed by atoms with E-state index >= 15 is 0 Å². The molecule has 3 nitrogen and oxygen atoms in total. The van der Waals surface area contributed by atoms with Crippen LogP contribution in [0.25, 0.3) is 11.1 Å². The number of hydrogen-bond donors (Lipinski definition) is 1. The number of halogens is 2. The van der Waals surface area contributed by atoms with Gasteiger partial charge in [0, 0.05) is 13.1 Å². The van der Waals surface area contributed by atoms with Gasteiger partial charge in [0.25, 0.3) is 0 Å². The molecule has 198 valence electrons. The second-order valence-electron chi connectivity index (χ2n) is 10.7. The fraction of sp³-hybridized carbons (Fsp3) is 0.364. The van der Waals surface area contributed by atoms with E-state index in [0.717, 1.165) is 85.1 Å². The smallest absolute Gasteiger partial charge is 0.335 e. The summed E-state index contributed by atoms with van der Waals surface area (Å²) in [6.45, 7) is 4.61. The van der Waals surface area contributed by atoms with Crippen LogP contribution in [0, 0.1) is 18.7 Å². The Labute approximate surface area is 223 Å². The van der Waals surface area contributed by atoms with Crippen molar-refractivity contribution in [2.24, 2.45) is 5.92 Å². The number of carbonyl (C=O) groups is 1. The second kappa shape index (κ2) is 11.6. The summed E-state index contributed by atoms with van der Waals surface area (Å²) in [6.07, 6.45) is 5.28. The van der Waals surface area contributed by atoms with E-state index in [2.05, 4.69) is 29.2 Å². The van der Waals surface area contributed by atoms with Gasteiger partial charge in [-0.15, -0.1) is 0 Å². The minimum atomic E-state index is -0.920. The number of nitrogens with zero attached hydrogens (tertiary/aromatic N) is 1. The van der Waals surface area contributed by atoms with Crippen LogP contribution in [0.2, 0.25) is 0 Å². The van der Waals surface area contributed by atoms with Crippen molar-refractivity contribution < 1.29 is 18.7 Å². The first-order chi connectivity index (χ1) is 18.4.